The molecule has 1 aromatic rings. The molecule has 2 rings (SSSR count). The second kappa shape index (κ2) is 6.14. The van der Waals surface area contributed by atoms with Gasteiger partial charge in [-0.1, -0.05) is 12.1 Å². The number of imide groups is 1. The van der Waals surface area contributed by atoms with Gasteiger partial charge >= 0.3 is 12.2 Å². The monoisotopic (exact) mass is 343 g/mol. The Morgan fingerprint density at radius 2 is 1.83 bits per heavy atom. The molecule has 130 valence electrons. The Hall–Kier alpha value is -2.58. The van der Waals surface area contributed by atoms with Crippen molar-refractivity contribution in [2.75, 3.05) is 0 Å². The first-order valence-corrected chi connectivity index (χ1v) is 7.09. The summed E-state index contributed by atoms with van der Waals surface area (Å²) in [5.74, 6) is -1.19. The highest BCUT2D eigenvalue weighted by Gasteiger charge is 2.34. The van der Waals surface area contributed by atoms with Crippen molar-refractivity contribution >= 4 is 17.8 Å². The van der Waals surface area contributed by atoms with E-state index in [1.807, 2.05) is 5.32 Å². The zero-order chi connectivity index (χ0) is 18.1. The molecule has 1 aliphatic heterocycles. The van der Waals surface area contributed by atoms with E-state index in [1.165, 1.54) is 12.1 Å². The number of urea groups is 1. The Bertz CT molecular complexity index is 686. The van der Waals surface area contributed by atoms with Crippen molar-refractivity contribution < 1.29 is 27.6 Å². The van der Waals surface area contributed by atoms with Gasteiger partial charge in [0, 0.05) is 0 Å². The first kappa shape index (κ1) is 17.8. The molecule has 9 heteroatoms. The molecule has 0 aromatic heterocycles. The standard InChI is InChI=1S/C15H16F3N3O3/c1-14(2,8-4-3-5-9(6-8)15(16,17)18)21-11(22)7-10-12(23)20-13(24)19-10/h3-6,10H,7H2,1-2H3,(H,21,22)(H2,19,20,23,24). The highest BCUT2D eigenvalue weighted by molar-refractivity contribution is 6.05. The van der Waals surface area contributed by atoms with Crippen LogP contribution >= 0.6 is 0 Å². The molecule has 4 amide bonds. The van der Waals surface area contributed by atoms with E-state index in [2.05, 4.69) is 10.6 Å². The van der Waals surface area contributed by atoms with Crippen LogP contribution in [0.2, 0.25) is 0 Å². The molecule has 1 heterocycles. The average molecular weight is 343 g/mol. The summed E-state index contributed by atoms with van der Waals surface area (Å²) in [6.45, 7) is 3.10. The van der Waals surface area contributed by atoms with Gasteiger partial charge in [0.15, 0.2) is 0 Å². The summed E-state index contributed by atoms with van der Waals surface area (Å²) in [6.07, 6.45) is -4.79. The Labute approximate surface area is 135 Å². The van der Waals surface area contributed by atoms with E-state index in [9.17, 15) is 27.6 Å². The average Bonchev–Trinajstić information content (AvgIpc) is 2.75. The molecule has 0 aliphatic carbocycles. The van der Waals surface area contributed by atoms with E-state index in [1.54, 1.807) is 13.8 Å². The first-order valence-electron chi connectivity index (χ1n) is 7.09. The minimum Gasteiger partial charge on any atom is -0.347 e. The van der Waals surface area contributed by atoms with Crippen LogP contribution in [0.5, 0.6) is 0 Å². The highest BCUT2D eigenvalue weighted by atomic mass is 19.4. The van der Waals surface area contributed by atoms with Gasteiger partial charge in [0.25, 0.3) is 5.91 Å². The number of halogens is 3. The van der Waals surface area contributed by atoms with E-state index < -0.39 is 41.2 Å². The van der Waals surface area contributed by atoms with E-state index in [4.69, 9.17) is 0 Å². The number of nitrogens with one attached hydrogen (secondary N) is 3. The van der Waals surface area contributed by atoms with Gasteiger partial charge in [-0.2, -0.15) is 13.2 Å². The second-order valence-corrected chi connectivity index (χ2v) is 5.97. The highest BCUT2D eigenvalue weighted by Crippen LogP contribution is 2.32. The Morgan fingerprint density at radius 3 is 2.38 bits per heavy atom. The van der Waals surface area contributed by atoms with Crippen LogP contribution in [-0.2, 0) is 21.3 Å². The number of carbonyl (C=O) groups is 3. The van der Waals surface area contributed by atoms with Crippen molar-refractivity contribution in [2.24, 2.45) is 0 Å². The SMILES string of the molecule is CC(C)(NC(=O)CC1NC(=O)NC1=O)c1cccc(C(F)(F)F)c1. The lowest BCUT2D eigenvalue weighted by molar-refractivity contribution is -0.137. The van der Waals surface area contributed by atoms with Gasteiger partial charge in [-0.15, -0.1) is 0 Å². The molecule has 6 nitrogen and oxygen atoms in total. The fraction of sp³-hybridized carbons (Fsp3) is 0.400. The van der Waals surface area contributed by atoms with E-state index in [0.29, 0.717) is 0 Å². The molecule has 0 radical (unpaired) electrons. The summed E-state index contributed by atoms with van der Waals surface area (Å²) >= 11 is 0. The smallest absolute Gasteiger partial charge is 0.347 e. The Morgan fingerprint density at radius 1 is 1.21 bits per heavy atom. The molecule has 3 N–H and O–H groups in total. The third kappa shape index (κ3) is 4.03. The lowest BCUT2D eigenvalue weighted by atomic mass is 9.92. The quantitative estimate of drug-likeness (QED) is 0.727. The summed E-state index contributed by atoms with van der Waals surface area (Å²) in [6, 6.07) is 2.96. The van der Waals surface area contributed by atoms with Crippen LogP contribution in [0.3, 0.4) is 0 Å². The molecule has 1 saturated heterocycles. The van der Waals surface area contributed by atoms with Crippen LogP contribution in [0.25, 0.3) is 0 Å². The molecular formula is C15H16F3N3O3. The molecule has 1 fully saturated rings. The minimum atomic E-state index is -4.48. The van der Waals surface area contributed by atoms with E-state index in [-0.39, 0.29) is 12.0 Å². The number of carbonyl (C=O) groups excluding carboxylic acids is 3. The van der Waals surface area contributed by atoms with Gasteiger partial charge in [-0.05, 0) is 31.5 Å². The molecule has 1 aromatic carbocycles. The molecule has 24 heavy (non-hydrogen) atoms. The van der Waals surface area contributed by atoms with Crippen LogP contribution < -0.4 is 16.0 Å². The van der Waals surface area contributed by atoms with Crippen LogP contribution in [-0.4, -0.2) is 23.9 Å². The van der Waals surface area contributed by atoms with Crippen molar-refractivity contribution in [1.29, 1.82) is 0 Å². The van der Waals surface area contributed by atoms with Crippen molar-refractivity contribution in [1.82, 2.24) is 16.0 Å². The maximum atomic E-state index is 12.8. The van der Waals surface area contributed by atoms with Crippen LogP contribution in [0.4, 0.5) is 18.0 Å². The van der Waals surface area contributed by atoms with Gasteiger partial charge in [-0.3, -0.25) is 14.9 Å². The number of alkyl halides is 3. The van der Waals surface area contributed by atoms with Gasteiger partial charge < -0.3 is 10.6 Å². The van der Waals surface area contributed by atoms with Crippen molar-refractivity contribution in [3.8, 4) is 0 Å². The van der Waals surface area contributed by atoms with Crippen LogP contribution in [0.15, 0.2) is 24.3 Å². The fourth-order valence-electron chi connectivity index (χ4n) is 2.34. The molecule has 1 aliphatic rings. The van der Waals surface area contributed by atoms with E-state index in [0.717, 1.165) is 12.1 Å². The summed E-state index contributed by atoms with van der Waals surface area (Å²) in [5.41, 5.74) is -1.63. The summed E-state index contributed by atoms with van der Waals surface area (Å²) in [7, 11) is 0. The van der Waals surface area contributed by atoms with Crippen molar-refractivity contribution in [2.45, 2.75) is 38.0 Å². The van der Waals surface area contributed by atoms with Crippen molar-refractivity contribution in [3.63, 3.8) is 0 Å². The maximum absolute atomic E-state index is 12.8. The Balaban J connectivity index is 2.09. The molecule has 0 saturated carbocycles. The molecule has 0 bridgehead atoms. The van der Waals surface area contributed by atoms with Gasteiger partial charge in [0.05, 0.1) is 17.5 Å². The third-order valence-corrected chi connectivity index (χ3v) is 3.61. The lowest BCUT2D eigenvalue weighted by Gasteiger charge is -2.28. The lowest BCUT2D eigenvalue weighted by Crippen LogP contribution is -2.44. The fourth-order valence-corrected chi connectivity index (χ4v) is 2.34. The largest absolute Gasteiger partial charge is 0.416 e. The van der Waals surface area contributed by atoms with Gasteiger partial charge in [-0.25, -0.2) is 4.79 Å². The number of hydrogen-bond donors (Lipinski definition) is 3. The molecular weight excluding hydrogens is 327 g/mol. The molecule has 1 unspecified atom stereocenters. The number of rotatable bonds is 4. The summed E-state index contributed by atoms with van der Waals surface area (Å²) < 4.78 is 38.4. The zero-order valence-corrected chi connectivity index (χ0v) is 13.0. The second-order valence-electron chi connectivity index (χ2n) is 5.97. The Kier molecular flexibility index (Phi) is 4.54. The minimum absolute atomic E-state index is 0.269. The number of hydrogen-bond acceptors (Lipinski definition) is 3. The first-order chi connectivity index (χ1) is 11.0. The van der Waals surface area contributed by atoms with Crippen LogP contribution in [0, 0.1) is 0 Å². The predicted molar refractivity (Wildman–Crippen MR) is 77.7 cm³/mol. The van der Waals surface area contributed by atoms with Crippen molar-refractivity contribution in [3.05, 3.63) is 35.4 Å². The van der Waals surface area contributed by atoms with Gasteiger partial charge in [0.1, 0.15) is 6.04 Å². The molecule has 0 spiro atoms. The summed E-state index contributed by atoms with van der Waals surface area (Å²) in [4.78, 5) is 34.5. The number of amides is 4. The number of benzene rings is 1. The summed E-state index contributed by atoms with van der Waals surface area (Å²) in [5, 5.41) is 6.85. The maximum Gasteiger partial charge on any atom is 0.416 e. The molecule has 1 atom stereocenters. The van der Waals surface area contributed by atoms with Crippen LogP contribution in [0.1, 0.15) is 31.4 Å². The third-order valence-electron chi connectivity index (χ3n) is 3.61. The predicted octanol–water partition coefficient (Wildman–Crippen LogP) is 1.65. The zero-order valence-electron chi connectivity index (χ0n) is 13.0. The van der Waals surface area contributed by atoms with E-state index >= 15 is 0 Å². The normalized spacial score (nSPS) is 18.1. The van der Waals surface area contributed by atoms with Gasteiger partial charge in [0.2, 0.25) is 5.91 Å². The topological polar surface area (TPSA) is 87.3 Å².